The van der Waals surface area contributed by atoms with Crippen molar-refractivity contribution in [1.82, 2.24) is 14.6 Å². The summed E-state index contributed by atoms with van der Waals surface area (Å²) in [5.74, 6) is 0.152. The first kappa shape index (κ1) is 18.3. The molecule has 4 aromatic rings. The van der Waals surface area contributed by atoms with Crippen LogP contribution in [0.5, 0.6) is 0 Å². The van der Waals surface area contributed by atoms with E-state index in [0.29, 0.717) is 17.3 Å². The van der Waals surface area contributed by atoms with Gasteiger partial charge in [0.25, 0.3) is 0 Å². The SMILES string of the molecule is Nc1nc2cc(-c3ccc(CC(=O)Nc4ccc(C5CC5)c(F)c4)cc3)ccn2n1. The van der Waals surface area contributed by atoms with E-state index in [4.69, 9.17) is 5.73 Å². The van der Waals surface area contributed by atoms with Crippen LogP contribution in [0, 0.1) is 5.82 Å². The van der Waals surface area contributed by atoms with Gasteiger partial charge in [0.2, 0.25) is 11.9 Å². The predicted molar refractivity (Wildman–Crippen MR) is 114 cm³/mol. The van der Waals surface area contributed by atoms with Gasteiger partial charge in [0.05, 0.1) is 6.42 Å². The van der Waals surface area contributed by atoms with Crippen molar-refractivity contribution >= 4 is 23.2 Å². The van der Waals surface area contributed by atoms with Crippen molar-refractivity contribution in [1.29, 1.82) is 0 Å². The number of fused-ring (bicyclic) bond motifs is 1. The number of carbonyl (C=O) groups excluding carboxylic acids is 1. The van der Waals surface area contributed by atoms with Gasteiger partial charge < -0.3 is 11.1 Å². The molecular weight excluding hydrogens is 381 g/mol. The van der Waals surface area contributed by atoms with Gasteiger partial charge in [0.1, 0.15) is 5.82 Å². The average Bonchev–Trinajstić information content (AvgIpc) is 3.48. The minimum atomic E-state index is -0.244. The molecule has 0 aliphatic heterocycles. The molecule has 6 nitrogen and oxygen atoms in total. The molecule has 2 aromatic carbocycles. The lowest BCUT2D eigenvalue weighted by Crippen LogP contribution is -2.14. The molecule has 2 aromatic heterocycles. The number of hydrogen-bond donors (Lipinski definition) is 2. The number of nitrogens with one attached hydrogen (secondary N) is 1. The van der Waals surface area contributed by atoms with Crippen molar-refractivity contribution in [2.24, 2.45) is 0 Å². The van der Waals surface area contributed by atoms with Crippen LogP contribution in [-0.2, 0) is 11.2 Å². The van der Waals surface area contributed by atoms with Gasteiger partial charge in [-0.1, -0.05) is 30.3 Å². The lowest BCUT2D eigenvalue weighted by molar-refractivity contribution is -0.115. The molecule has 150 valence electrons. The van der Waals surface area contributed by atoms with Crippen LogP contribution >= 0.6 is 0 Å². The number of hydrogen-bond acceptors (Lipinski definition) is 4. The number of amides is 1. The van der Waals surface area contributed by atoms with E-state index in [-0.39, 0.29) is 24.1 Å². The monoisotopic (exact) mass is 401 g/mol. The third-order valence-corrected chi connectivity index (χ3v) is 5.31. The summed E-state index contributed by atoms with van der Waals surface area (Å²) in [5.41, 5.74) is 10.4. The number of pyridine rings is 1. The molecular formula is C23H20FN5O. The van der Waals surface area contributed by atoms with Gasteiger partial charge in [-0.25, -0.2) is 8.91 Å². The average molecular weight is 401 g/mol. The highest BCUT2D eigenvalue weighted by Gasteiger charge is 2.26. The highest BCUT2D eigenvalue weighted by molar-refractivity contribution is 5.92. The Bertz CT molecular complexity index is 1240. The molecule has 0 saturated heterocycles. The van der Waals surface area contributed by atoms with E-state index in [1.807, 2.05) is 42.6 Å². The Hall–Kier alpha value is -3.74. The largest absolute Gasteiger partial charge is 0.366 e. The maximum Gasteiger partial charge on any atom is 0.240 e. The van der Waals surface area contributed by atoms with Gasteiger partial charge in [-0.3, -0.25) is 4.79 Å². The van der Waals surface area contributed by atoms with Gasteiger partial charge in [0.15, 0.2) is 5.65 Å². The van der Waals surface area contributed by atoms with Crippen LogP contribution in [0.2, 0.25) is 0 Å². The number of nitrogens with zero attached hydrogens (tertiary/aromatic N) is 3. The first-order valence-corrected chi connectivity index (χ1v) is 9.86. The topological polar surface area (TPSA) is 85.3 Å². The molecule has 1 aliphatic rings. The summed E-state index contributed by atoms with van der Waals surface area (Å²) in [7, 11) is 0. The van der Waals surface area contributed by atoms with Crippen molar-refractivity contribution in [3.05, 3.63) is 77.7 Å². The smallest absolute Gasteiger partial charge is 0.240 e. The summed E-state index contributed by atoms with van der Waals surface area (Å²) < 4.78 is 15.8. The number of anilines is 2. The second-order valence-electron chi connectivity index (χ2n) is 7.62. The molecule has 0 atom stereocenters. The zero-order valence-corrected chi connectivity index (χ0v) is 16.2. The Kier molecular flexibility index (Phi) is 4.43. The molecule has 30 heavy (non-hydrogen) atoms. The van der Waals surface area contributed by atoms with E-state index in [1.54, 1.807) is 16.6 Å². The molecule has 0 radical (unpaired) electrons. The number of aromatic nitrogens is 3. The summed E-state index contributed by atoms with van der Waals surface area (Å²) in [6, 6.07) is 16.5. The van der Waals surface area contributed by atoms with Crippen molar-refractivity contribution in [2.75, 3.05) is 11.1 Å². The van der Waals surface area contributed by atoms with Crippen LogP contribution in [0.3, 0.4) is 0 Å². The predicted octanol–water partition coefficient (Wildman–Crippen LogP) is 4.18. The van der Waals surface area contributed by atoms with Gasteiger partial charge in [-0.15, -0.1) is 5.10 Å². The van der Waals surface area contributed by atoms with E-state index >= 15 is 0 Å². The first-order chi connectivity index (χ1) is 14.5. The fourth-order valence-corrected chi connectivity index (χ4v) is 3.61. The molecule has 1 fully saturated rings. The Balaban J connectivity index is 1.26. The second kappa shape index (κ2) is 7.26. The van der Waals surface area contributed by atoms with E-state index in [1.165, 1.54) is 6.07 Å². The van der Waals surface area contributed by atoms with Crippen LogP contribution in [0.25, 0.3) is 16.8 Å². The van der Waals surface area contributed by atoms with E-state index in [0.717, 1.165) is 35.1 Å². The molecule has 1 saturated carbocycles. The van der Waals surface area contributed by atoms with E-state index in [9.17, 15) is 9.18 Å². The highest BCUT2D eigenvalue weighted by atomic mass is 19.1. The van der Waals surface area contributed by atoms with Crippen molar-refractivity contribution in [2.45, 2.75) is 25.2 Å². The fourth-order valence-electron chi connectivity index (χ4n) is 3.61. The molecule has 0 bridgehead atoms. The van der Waals surface area contributed by atoms with Gasteiger partial charge in [-0.05, 0) is 65.3 Å². The molecule has 0 spiro atoms. The number of nitrogen functional groups attached to an aromatic ring is 1. The quantitative estimate of drug-likeness (QED) is 0.525. The van der Waals surface area contributed by atoms with Gasteiger partial charge in [-0.2, -0.15) is 4.98 Å². The maximum atomic E-state index is 14.2. The summed E-state index contributed by atoms with van der Waals surface area (Å²) >= 11 is 0. The number of rotatable bonds is 5. The summed E-state index contributed by atoms with van der Waals surface area (Å²) in [5, 5.41) is 6.84. The Labute approximate surface area is 172 Å². The van der Waals surface area contributed by atoms with Crippen molar-refractivity contribution < 1.29 is 9.18 Å². The minimum Gasteiger partial charge on any atom is -0.366 e. The van der Waals surface area contributed by atoms with Crippen LogP contribution in [-0.4, -0.2) is 20.5 Å². The zero-order chi connectivity index (χ0) is 20.7. The highest BCUT2D eigenvalue weighted by Crippen LogP contribution is 2.41. The Morgan fingerprint density at radius 2 is 1.90 bits per heavy atom. The Morgan fingerprint density at radius 3 is 2.63 bits per heavy atom. The number of benzene rings is 2. The van der Waals surface area contributed by atoms with Crippen molar-refractivity contribution in [3.8, 4) is 11.1 Å². The van der Waals surface area contributed by atoms with Crippen molar-refractivity contribution in [3.63, 3.8) is 0 Å². The van der Waals surface area contributed by atoms with Crippen LogP contribution in [0.15, 0.2) is 60.8 Å². The molecule has 3 N–H and O–H groups in total. The molecule has 1 amide bonds. The summed E-state index contributed by atoms with van der Waals surface area (Å²) in [6.07, 6.45) is 4.11. The zero-order valence-electron chi connectivity index (χ0n) is 16.2. The Morgan fingerprint density at radius 1 is 1.10 bits per heavy atom. The lowest BCUT2D eigenvalue weighted by atomic mass is 10.0. The second-order valence-corrected chi connectivity index (χ2v) is 7.62. The summed E-state index contributed by atoms with van der Waals surface area (Å²) in [4.78, 5) is 16.5. The van der Waals surface area contributed by atoms with Crippen LogP contribution < -0.4 is 11.1 Å². The molecule has 0 unspecified atom stereocenters. The lowest BCUT2D eigenvalue weighted by Gasteiger charge is -2.08. The van der Waals surface area contributed by atoms with Gasteiger partial charge in [0, 0.05) is 11.9 Å². The summed E-state index contributed by atoms with van der Waals surface area (Å²) in [6.45, 7) is 0. The van der Waals surface area contributed by atoms with Gasteiger partial charge >= 0.3 is 0 Å². The van der Waals surface area contributed by atoms with Crippen LogP contribution in [0.4, 0.5) is 16.0 Å². The van der Waals surface area contributed by atoms with E-state index in [2.05, 4.69) is 15.4 Å². The number of halogens is 1. The number of carbonyl (C=O) groups is 1. The first-order valence-electron chi connectivity index (χ1n) is 9.86. The molecule has 7 heteroatoms. The normalized spacial score (nSPS) is 13.5. The standard InChI is InChI=1S/C23H20FN5O/c24-20-13-18(7-8-19(20)16-5-6-16)26-22(30)11-14-1-3-15(4-2-14)17-9-10-29-21(12-17)27-23(25)28-29/h1-4,7-10,12-13,16H,5-6,11H2,(H2,25,28)(H,26,30). The molecule has 2 heterocycles. The fraction of sp³-hybridized carbons (Fsp3) is 0.174. The molecule has 5 rings (SSSR count). The van der Waals surface area contributed by atoms with Crippen LogP contribution in [0.1, 0.15) is 29.9 Å². The molecule has 1 aliphatic carbocycles. The third-order valence-electron chi connectivity index (χ3n) is 5.31. The maximum absolute atomic E-state index is 14.2. The number of nitrogens with two attached hydrogens (primary N) is 1. The third kappa shape index (κ3) is 3.74. The van der Waals surface area contributed by atoms with E-state index < -0.39 is 0 Å². The minimum absolute atomic E-state index is 0.179.